The highest BCUT2D eigenvalue weighted by atomic mass is 32.2. The molecule has 0 bridgehead atoms. The Bertz CT molecular complexity index is 535. The van der Waals surface area contributed by atoms with Gasteiger partial charge >= 0.3 is 6.18 Å². The zero-order chi connectivity index (χ0) is 12.8. The molecule has 0 aromatic carbocycles. The van der Waals surface area contributed by atoms with Gasteiger partial charge in [0.25, 0.3) is 0 Å². The van der Waals surface area contributed by atoms with Crippen LogP contribution in [-0.4, -0.2) is 29.7 Å². The van der Waals surface area contributed by atoms with Crippen molar-refractivity contribution in [1.29, 1.82) is 0 Å². The molecule has 1 aliphatic rings. The van der Waals surface area contributed by atoms with Crippen LogP contribution in [0.25, 0.3) is 0 Å². The molecule has 0 radical (unpaired) electrons. The molecule has 0 spiro atoms. The summed E-state index contributed by atoms with van der Waals surface area (Å²) >= 11 is 0. The predicted octanol–water partition coefficient (Wildman–Crippen LogP) is 0.844. The Morgan fingerprint density at radius 3 is 2.53 bits per heavy atom. The molecule has 2 N–H and O–H groups in total. The molecule has 1 fully saturated rings. The van der Waals surface area contributed by atoms with Crippen LogP contribution < -0.4 is 5.73 Å². The lowest BCUT2D eigenvalue weighted by Crippen LogP contribution is -2.15. The maximum Gasteiger partial charge on any atom is 0.435 e. The van der Waals surface area contributed by atoms with E-state index in [0.29, 0.717) is 6.07 Å². The van der Waals surface area contributed by atoms with E-state index in [4.69, 9.17) is 5.73 Å². The molecule has 96 valence electrons. The molecule has 0 amide bonds. The van der Waals surface area contributed by atoms with Gasteiger partial charge in [-0.05, 0) is 6.42 Å². The normalized spacial score (nSPS) is 24.1. The number of alkyl halides is 3. The lowest BCUT2D eigenvalue weighted by atomic mass is 10.3. The van der Waals surface area contributed by atoms with E-state index in [9.17, 15) is 21.6 Å². The van der Waals surface area contributed by atoms with Crippen molar-refractivity contribution in [3.8, 4) is 0 Å². The standard InChI is InChI=1S/C8H10F3N3O2S/c9-8(10,11)6-3-7(12)14(13-6)5-1-2-17(15,16)4-5/h3,5H,1-2,4,12H2. The third-order valence-corrected chi connectivity index (χ3v) is 4.36. The highest BCUT2D eigenvalue weighted by Gasteiger charge is 2.37. The van der Waals surface area contributed by atoms with Crippen molar-refractivity contribution in [2.75, 3.05) is 17.2 Å². The topological polar surface area (TPSA) is 78.0 Å². The molecular weight excluding hydrogens is 259 g/mol. The fourth-order valence-electron chi connectivity index (χ4n) is 1.81. The molecule has 9 heteroatoms. The number of halogens is 3. The second-order valence-electron chi connectivity index (χ2n) is 3.95. The third-order valence-electron chi connectivity index (χ3n) is 2.61. The number of hydrogen-bond donors (Lipinski definition) is 1. The molecule has 1 aliphatic heterocycles. The smallest absolute Gasteiger partial charge is 0.384 e. The van der Waals surface area contributed by atoms with E-state index in [2.05, 4.69) is 5.10 Å². The largest absolute Gasteiger partial charge is 0.435 e. The monoisotopic (exact) mass is 269 g/mol. The molecule has 0 aliphatic carbocycles. The van der Waals surface area contributed by atoms with Gasteiger partial charge in [-0.3, -0.25) is 0 Å². The molecule has 1 unspecified atom stereocenters. The lowest BCUT2D eigenvalue weighted by molar-refractivity contribution is -0.141. The Morgan fingerprint density at radius 2 is 2.12 bits per heavy atom. The van der Waals surface area contributed by atoms with Gasteiger partial charge in [0.2, 0.25) is 0 Å². The van der Waals surface area contributed by atoms with Gasteiger partial charge in [0.15, 0.2) is 15.5 Å². The molecule has 2 heterocycles. The Labute approximate surface area is 95.3 Å². The van der Waals surface area contributed by atoms with Crippen molar-refractivity contribution in [3.63, 3.8) is 0 Å². The van der Waals surface area contributed by atoms with Gasteiger partial charge in [-0.25, -0.2) is 13.1 Å². The van der Waals surface area contributed by atoms with Crippen molar-refractivity contribution in [1.82, 2.24) is 9.78 Å². The first-order chi connectivity index (χ1) is 7.69. The third kappa shape index (κ3) is 2.38. The van der Waals surface area contributed by atoms with Crippen molar-refractivity contribution in [2.24, 2.45) is 0 Å². The van der Waals surface area contributed by atoms with E-state index in [-0.39, 0.29) is 23.7 Å². The van der Waals surface area contributed by atoms with E-state index in [1.165, 1.54) is 0 Å². The number of rotatable bonds is 1. The van der Waals surface area contributed by atoms with Crippen LogP contribution in [0.1, 0.15) is 18.2 Å². The first-order valence-electron chi connectivity index (χ1n) is 4.82. The number of nitrogens with two attached hydrogens (primary N) is 1. The van der Waals surface area contributed by atoms with E-state index in [1.54, 1.807) is 0 Å². The summed E-state index contributed by atoms with van der Waals surface area (Å²) in [5, 5.41) is 3.33. The van der Waals surface area contributed by atoms with Gasteiger partial charge in [-0.2, -0.15) is 18.3 Å². The van der Waals surface area contributed by atoms with Crippen molar-refractivity contribution < 1.29 is 21.6 Å². The molecule has 1 aromatic rings. The highest BCUT2D eigenvalue weighted by Crippen LogP contribution is 2.32. The van der Waals surface area contributed by atoms with Crippen molar-refractivity contribution >= 4 is 15.7 Å². The molecular formula is C8H10F3N3O2S. The molecule has 5 nitrogen and oxygen atoms in total. The summed E-state index contributed by atoms with van der Waals surface area (Å²) in [5.74, 6) is -0.423. The second kappa shape index (κ2) is 3.62. The molecule has 17 heavy (non-hydrogen) atoms. The summed E-state index contributed by atoms with van der Waals surface area (Å²) in [4.78, 5) is 0. The van der Waals surface area contributed by atoms with Crippen LogP contribution in [0.2, 0.25) is 0 Å². The molecule has 2 rings (SSSR count). The fourth-order valence-corrected chi connectivity index (χ4v) is 3.50. The van der Waals surface area contributed by atoms with E-state index >= 15 is 0 Å². The first kappa shape index (κ1) is 12.2. The number of nitrogens with zero attached hydrogens (tertiary/aromatic N) is 2. The minimum atomic E-state index is -4.57. The van der Waals surface area contributed by atoms with Gasteiger partial charge < -0.3 is 5.73 Å². The van der Waals surface area contributed by atoms with Gasteiger partial charge in [0, 0.05) is 6.07 Å². The predicted molar refractivity (Wildman–Crippen MR) is 53.9 cm³/mol. The van der Waals surface area contributed by atoms with E-state index in [1.807, 2.05) is 0 Å². The Kier molecular flexibility index (Phi) is 2.60. The summed E-state index contributed by atoms with van der Waals surface area (Å²) in [6.45, 7) is 0. The van der Waals surface area contributed by atoms with Gasteiger partial charge in [-0.15, -0.1) is 0 Å². The number of hydrogen-bond acceptors (Lipinski definition) is 4. The van der Waals surface area contributed by atoms with Crippen LogP contribution in [0.5, 0.6) is 0 Å². The Hall–Kier alpha value is -1.25. The second-order valence-corrected chi connectivity index (χ2v) is 6.18. The van der Waals surface area contributed by atoms with E-state index < -0.39 is 27.7 Å². The summed E-state index contributed by atoms with van der Waals surface area (Å²) < 4.78 is 60.5. The van der Waals surface area contributed by atoms with Crippen molar-refractivity contribution in [2.45, 2.75) is 18.6 Å². The minimum Gasteiger partial charge on any atom is -0.384 e. The number of nitrogen functional groups attached to an aromatic ring is 1. The molecule has 1 saturated heterocycles. The molecule has 1 aromatic heterocycles. The van der Waals surface area contributed by atoms with Crippen LogP contribution in [0.4, 0.5) is 19.0 Å². The Balaban J connectivity index is 2.32. The van der Waals surface area contributed by atoms with E-state index in [0.717, 1.165) is 4.68 Å². The lowest BCUT2D eigenvalue weighted by Gasteiger charge is -2.10. The maximum atomic E-state index is 12.4. The fraction of sp³-hybridized carbons (Fsp3) is 0.625. The van der Waals surface area contributed by atoms with Crippen LogP contribution in [0, 0.1) is 0 Å². The molecule has 1 atom stereocenters. The average Bonchev–Trinajstić information content (AvgIpc) is 2.68. The van der Waals surface area contributed by atoms with Crippen LogP contribution >= 0.6 is 0 Å². The number of aromatic nitrogens is 2. The Morgan fingerprint density at radius 1 is 1.47 bits per heavy atom. The summed E-state index contributed by atoms with van der Waals surface area (Å²) in [5.41, 5.74) is 4.31. The zero-order valence-electron chi connectivity index (χ0n) is 8.61. The number of anilines is 1. The SMILES string of the molecule is Nc1cc(C(F)(F)F)nn1C1CCS(=O)(=O)C1. The first-order valence-corrected chi connectivity index (χ1v) is 6.64. The summed E-state index contributed by atoms with van der Waals surface area (Å²) in [6, 6.07) is 0.112. The van der Waals surface area contributed by atoms with Crippen molar-refractivity contribution in [3.05, 3.63) is 11.8 Å². The minimum absolute atomic E-state index is 0.0433. The van der Waals surface area contributed by atoms with Crippen LogP contribution in [-0.2, 0) is 16.0 Å². The summed E-state index contributed by atoms with van der Waals surface area (Å²) in [7, 11) is -3.18. The molecule has 0 saturated carbocycles. The average molecular weight is 269 g/mol. The maximum absolute atomic E-state index is 12.4. The summed E-state index contributed by atoms with van der Waals surface area (Å²) in [6.07, 6.45) is -4.33. The quantitative estimate of drug-likeness (QED) is 0.819. The zero-order valence-corrected chi connectivity index (χ0v) is 9.42. The van der Waals surface area contributed by atoms with Gasteiger partial charge in [-0.1, -0.05) is 0 Å². The van der Waals surface area contributed by atoms with Gasteiger partial charge in [0.1, 0.15) is 5.82 Å². The van der Waals surface area contributed by atoms with Gasteiger partial charge in [0.05, 0.1) is 17.5 Å². The number of sulfone groups is 1. The van der Waals surface area contributed by atoms with Crippen LogP contribution in [0.15, 0.2) is 6.07 Å². The van der Waals surface area contributed by atoms with Crippen LogP contribution in [0.3, 0.4) is 0 Å². The highest BCUT2D eigenvalue weighted by molar-refractivity contribution is 7.91.